The molecule has 1 aliphatic carbocycles. The zero-order valence-electron chi connectivity index (χ0n) is 11.1. The Hall–Kier alpha value is -0.380. The molecule has 3 N–H and O–H groups in total. The Balaban J connectivity index is 2.09. The summed E-state index contributed by atoms with van der Waals surface area (Å²) < 4.78 is 1.13. The van der Waals surface area contributed by atoms with Gasteiger partial charge in [0.05, 0.1) is 0 Å². The molecule has 0 amide bonds. The SMILES string of the molecule is Cc1ccc(Br)cc1C(CC1CCCCC1)NN. The third-order valence-corrected chi connectivity index (χ3v) is 4.60. The lowest BCUT2D eigenvalue weighted by atomic mass is 9.83. The predicted molar refractivity (Wildman–Crippen MR) is 80.1 cm³/mol. The summed E-state index contributed by atoms with van der Waals surface area (Å²) in [6.07, 6.45) is 8.08. The maximum atomic E-state index is 5.78. The molecule has 1 aliphatic rings. The van der Waals surface area contributed by atoms with Gasteiger partial charge in [0, 0.05) is 10.5 Å². The van der Waals surface area contributed by atoms with Gasteiger partial charge in [0.2, 0.25) is 0 Å². The highest BCUT2D eigenvalue weighted by Crippen LogP contribution is 2.33. The largest absolute Gasteiger partial charge is 0.271 e. The molecule has 2 rings (SSSR count). The van der Waals surface area contributed by atoms with E-state index in [4.69, 9.17) is 5.84 Å². The fourth-order valence-corrected chi connectivity index (χ4v) is 3.41. The molecule has 3 heteroatoms. The second-order valence-electron chi connectivity index (χ2n) is 5.46. The summed E-state index contributed by atoms with van der Waals surface area (Å²) >= 11 is 3.55. The van der Waals surface area contributed by atoms with Gasteiger partial charge < -0.3 is 0 Å². The zero-order valence-corrected chi connectivity index (χ0v) is 12.7. The predicted octanol–water partition coefficient (Wildman–Crippen LogP) is 4.23. The summed E-state index contributed by atoms with van der Waals surface area (Å²) in [5.41, 5.74) is 5.66. The number of hydrazine groups is 1. The number of rotatable bonds is 4. The average molecular weight is 311 g/mol. The fourth-order valence-electron chi connectivity index (χ4n) is 3.03. The van der Waals surface area contributed by atoms with Crippen LogP contribution in [-0.4, -0.2) is 0 Å². The van der Waals surface area contributed by atoms with Gasteiger partial charge in [0.1, 0.15) is 0 Å². The van der Waals surface area contributed by atoms with E-state index in [0.29, 0.717) is 0 Å². The van der Waals surface area contributed by atoms with Crippen molar-refractivity contribution in [3.63, 3.8) is 0 Å². The van der Waals surface area contributed by atoms with Crippen LogP contribution in [0.15, 0.2) is 22.7 Å². The maximum Gasteiger partial charge on any atom is 0.0465 e. The minimum Gasteiger partial charge on any atom is -0.271 e. The van der Waals surface area contributed by atoms with Crippen LogP contribution in [0.1, 0.15) is 55.7 Å². The maximum absolute atomic E-state index is 5.78. The molecule has 2 nitrogen and oxygen atoms in total. The van der Waals surface area contributed by atoms with E-state index in [2.05, 4.69) is 46.5 Å². The number of hydrogen-bond acceptors (Lipinski definition) is 2. The van der Waals surface area contributed by atoms with E-state index in [1.807, 2.05) is 0 Å². The van der Waals surface area contributed by atoms with Crippen molar-refractivity contribution in [2.45, 2.75) is 51.5 Å². The average Bonchev–Trinajstić information content (AvgIpc) is 2.40. The number of halogens is 1. The van der Waals surface area contributed by atoms with Gasteiger partial charge in [-0.25, -0.2) is 0 Å². The Morgan fingerprint density at radius 3 is 2.72 bits per heavy atom. The van der Waals surface area contributed by atoms with E-state index >= 15 is 0 Å². The molecule has 0 aromatic heterocycles. The Morgan fingerprint density at radius 1 is 1.33 bits per heavy atom. The molecule has 100 valence electrons. The molecule has 0 heterocycles. The van der Waals surface area contributed by atoms with Gasteiger partial charge in [-0.15, -0.1) is 0 Å². The minimum absolute atomic E-state index is 0.283. The molecule has 1 saturated carbocycles. The molecule has 1 aromatic rings. The number of benzene rings is 1. The van der Waals surface area contributed by atoms with Crippen LogP contribution in [0.4, 0.5) is 0 Å². The normalized spacial score (nSPS) is 18.8. The first-order chi connectivity index (χ1) is 8.70. The van der Waals surface area contributed by atoms with E-state index < -0.39 is 0 Å². The quantitative estimate of drug-likeness (QED) is 0.645. The van der Waals surface area contributed by atoms with Gasteiger partial charge in [-0.1, -0.05) is 54.1 Å². The number of hydrogen-bond donors (Lipinski definition) is 2. The number of aryl methyl sites for hydroxylation is 1. The van der Waals surface area contributed by atoms with E-state index in [-0.39, 0.29) is 6.04 Å². The summed E-state index contributed by atoms with van der Waals surface area (Å²) in [6, 6.07) is 6.73. The second kappa shape index (κ2) is 6.69. The Bertz CT molecular complexity index is 386. The highest BCUT2D eigenvalue weighted by molar-refractivity contribution is 9.10. The van der Waals surface area contributed by atoms with E-state index in [9.17, 15) is 0 Å². The highest BCUT2D eigenvalue weighted by atomic mass is 79.9. The smallest absolute Gasteiger partial charge is 0.0465 e. The Morgan fingerprint density at radius 2 is 2.06 bits per heavy atom. The van der Waals surface area contributed by atoms with Gasteiger partial charge in [-0.2, -0.15) is 0 Å². The van der Waals surface area contributed by atoms with E-state index in [0.717, 1.165) is 16.8 Å². The third-order valence-electron chi connectivity index (χ3n) is 4.11. The van der Waals surface area contributed by atoms with Crippen molar-refractivity contribution in [3.8, 4) is 0 Å². The van der Waals surface area contributed by atoms with Gasteiger partial charge in [0.15, 0.2) is 0 Å². The van der Waals surface area contributed by atoms with Gasteiger partial charge in [-0.3, -0.25) is 11.3 Å². The zero-order chi connectivity index (χ0) is 13.0. The van der Waals surface area contributed by atoms with Crippen LogP contribution in [0.5, 0.6) is 0 Å². The molecule has 0 saturated heterocycles. The lowest BCUT2D eigenvalue weighted by molar-refractivity contribution is 0.300. The van der Waals surface area contributed by atoms with Crippen LogP contribution < -0.4 is 11.3 Å². The van der Waals surface area contributed by atoms with Gasteiger partial charge >= 0.3 is 0 Å². The number of nitrogens with one attached hydrogen (secondary N) is 1. The van der Waals surface area contributed by atoms with Crippen LogP contribution in [0.3, 0.4) is 0 Å². The molecule has 0 spiro atoms. The summed E-state index contributed by atoms with van der Waals surface area (Å²) in [4.78, 5) is 0. The van der Waals surface area contributed by atoms with Crippen molar-refractivity contribution in [2.75, 3.05) is 0 Å². The van der Waals surface area contributed by atoms with Crippen molar-refractivity contribution < 1.29 is 0 Å². The molecular formula is C15H23BrN2. The standard InChI is InChI=1S/C15H23BrN2/c1-11-7-8-13(16)10-14(11)15(18-17)9-12-5-3-2-4-6-12/h7-8,10,12,15,18H,2-6,9,17H2,1H3. The first-order valence-electron chi connectivity index (χ1n) is 6.93. The lowest BCUT2D eigenvalue weighted by Gasteiger charge is -2.27. The first-order valence-corrected chi connectivity index (χ1v) is 7.72. The molecule has 1 unspecified atom stereocenters. The molecule has 1 atom stereocenters. The monoisotopic (exact) mass is 310 g/mol. The van der Waals surface area contributed by atoms with Gasteiger partial charge in [0.25, 0.3) is 0 Å². The Kier molecular flexibility index (Phi) is 5.22. The molecule has 0 radical (unpaired) electrons. The van der Waals surface area contributed by atoms with Crippen molar-refractivity contribution in [3.05, 3.63) is 33.8 Å². The van der Waals surface area contributed by atoms with E-state index in [1.165, 1.54) is 43.2 Å². The molecule has 1 aromatic carbocycles. The molecule has 0 bridgehead atoms. The molecule has 1 fully saturated rings. The second-order valence-corrected chi connectivity index (χ2v) is 6.38. The summed E-state index contributed by atoms with van der Waals surface area (Å²) in [5, 5.41) is 0. The van der Waals surface area contributed by atoms with Crippen LogP contribution >= 0.6 is 15.9 Å². The van der Waals surface area contributed by atoms with Crippen molar-refractivity contribution in [1.82, 2.24) is 5.43 Å². The summed E-state index contributed by atoms with van der Waals surface area (Å²) in [5.74, 6) is 6.61. The van der Waals surface area contributed by atoms with Crippen LogP contribution in [0.2, 0.25) is 0 Å². The first kappa shape index (κ1) is 14.0. The van der Waals surface area contributed by atoms with E-state index in [1.54, 1.807) is 0 Å². The van der Waals surface area contributed by atoms with Crippen LogP contribution in [-0.2, 0) is 0 Å². The highest BCUT2D eigenvalue weighted by Gasteiger charge is 2.20. The molecule has 0 aliphatic heterocycles. The molecular weight excluding hydrogens is 288 g/mol. The topological polar surface area (TPSA) is 38.0 Å². The number of nitrogens with two attached hydrogens (primary N) is 1. The fraction of sp³-hybridized carbons (Fsp3) is 0.600. The third kappa shape index (κ3) is 3.56. The minimum atomic E-state index is 0.283. The van der Waals surface area contributed by atoms with Crippen LogP contribution in [0.25, 0.3) is 0 Å². The van der Waals surface area contributed by atoms with Gasteiger partial charge in [-0.05, 0) is 42.5 Å². The Labute approximate surface area is 118 Å². The summed E-state index contributed by atoms with van der Waals surface area (Å²) in [7, 11) is 0. The van der Waals surface area contributed by atoms with Crippen LogP contribution in [0, 0.1) is 12.8 Å². The lowest BCUT2D eigenvalue weighted by Crippen LogP contribution is -2.30. The molecule has 18 heavy (non-hydrogen) atoms. The van der Waals surface area contributed by atoms with Crippen molar-refractivity contribution in [2.24, 2.45) is 11.8 Å². The van der Waals surface area contributed by atoms with Crippen molar-refractivity contribution >= 4 is 15.9 Å². The summed E-state index contributed by atoms with van der Waals surface area (Å²) in [6.45, 7) is 2.16. The van der Waals surface area contributed by atoms with Crippen molar-refractivity contribution in [1.29, 1.82) is 0 Å².